The van der Waals surface area contributed by atoms with Crippen molar-refractivity contribution in [2.45, 2.75) is 37.7 Å². The number of nitrogens with zero attached hydrogens (tertiary/aromatic N) is 2. The number of amides is 2. The third-order valence-electron chi connectivity index (χ3n) is 5.82. The molecule has 140 valence electrons. The van der Waals surface area contributed by atoms with E-state index in [0.717, 1.165) is 32.4 Å². The molecule has 0 saturated carbocycles. The van der Waals surface area contributed by atoms with Crippen LogP contribution in [0.3, 0.4) is 0 Å². The van der Waals surface area contributed by atoms with Crippen LogP contribution in [0.15, 0.2) is 24.3 Å². The van der Waals surface area contributed by atoms with E-state index in [1.807, 2.05) is 4.90 Å². The minimum atomic E-state index is -0.339. The molecule has 3 aliphatic rings. The minimum absolute atomic E-state index is 0.0686. The molecule has 3 heterocycles. The monoisotopic (exact) mass is 360 g/mol. The zero-order valence-electron chi connectivity index (χ0n) is 15.0. The maximum Gasteiger partial charge on any atom is 0.227 e. The van der Waals surface area contributed by atoms with E-state index >= 15 is 0 Å². The Morgan fingerprint density at radius 3 is 2.58 bits per heavy atom. The molecular formula is C20H25FN2O3. The Labute approximate surface area is 153 Å². The van der Waals surface area contributed by atoms with Gasteiger partial charge in [-0.3, -0.25) is 9.59 Å². The van der Waals surface area contributed by atoms with Crippen molar-refractivity contribution in [2.24, 2.45) is 5.92 Å². The molecule has 3 aliphatic heterocycles. The number of ether oxygens (including phenoxy) is 1. The Hall–Kier alpha value is -1.95. The Morgan fingerprint density at radius 2 is 1.85 bits per heavy atom. The summed E-state index contributed by atoms with van der Waals surface area (Å²) >= 11 is 0. The van der Waals surface area contributed by atoms with Crippen molar-refractivity contribution in [1.82, 2.24) is 9.80 Å². The first-order valence-corrected chi connectivity index (χ1v) is 9.48. The number of rotatable bonds is 4. The van der Waals surface area contributed by atoms with Crippen LogP contribution < -0.4 is 0 Å². The van der Waals surface area contributed by atoms with E-state index in [2.05, 4.69) is 0 Å². The van der Waals surface area contributed by atoms with Gasteiger partial charge in [-0.05, 0) is 36.8 Å². The average Bonchev–Trinajstić information content (AvgIpc) is 3.25. The first kappa shape index (κ1) is 17.5. The standard InChI is InChI=1S/C20H25FN2O3/c21-17-6-2-1-5-16(17)10-19(25)23-13-20(14-23)11-15(12-26-20)9-18(24)22-7-3-4-8-22/h1-2,5-6,15H,3-4,7-14H2. The molecule has 3 saturated heterocycles. The van der Waals surface area contributed by atoms with Gasteiger partial charge in [0.1, 0.15) is 11.4 Å². The van der Waals surface area contributed by atoms with Gasteiger partial charge in [0.15, 0.2) is 0 Å². The molecule has 0 N–H and O–H groups in total. The SMILES string of the molecule is O=C(CC1COC2(C1)CN(C(=O)Cc1ccccc1F)C2)N1CCCC1. The second kappa shape index (κ2) is 6.99. The number of carbonyl (C=O) groups is 2. The largest absolute Gasteiger partial charge is 0.371 e. The summed E-state index contributed by atoms with van der Waals surface area (Å²) in [6.07, 6.45) is 3.67. The molecule has 3 fully saturated rings. The van der Waals surface area contributed by atoms with Crippen molar-refractivity contribution < 1.29 is 18.7 Å². The van der Waals surface area contributed by atoms with Crippen molar-refractivity contribution in [3.8, 4) is 0 Å². The van der Waals surface area contributed by atoms with Gasteiger partial charge in [-0.1, -0.05) is 18.2 Å². The van der Waals surface area contributed by atoms with Gasteiger partial charge in [0.05, 0.1) is 26.1 Å². The normalized spacial score (nSPS) is 24.1. The highest BCUT2D eigenvalue weighted by Crippen LogP contribution is 2.39. The van der Waals surface area contributed by atoms with Crippen molar-refractivity contribution in [1.29, 1.82) is 0 Å². The third-order valence-corrected chi connectivity index (χ3v) is 5.82. The minimum Gasteiger partial charge on any atom is -0.371 e. The molecular weight excluding hydrogens is 335 g/mol. The first-order chi connectivity index (χ1) is 12.5. The second-order valence-corrected chi connectivity index (χ2v) is 7.87. The van der Waals surface area contributed by atoms with Gasteiger partial charge in [-0.15, -0.1) is 0 Å². The lowest BCUT2D eigenvalue weighted by molar-refractivity contribution is -0.157. The highest BCUT2D eigenvalue weighted by atomic mass is 19.1. The van der Waals surface area contributed by atoms with Crippen LogP contribution in [0, 0.1) is 11.7 Å². The molecule has 5 nitrogen and oxygen atoms in total. The predicted molar refractivity (Wildman–Crippen MR) is 93.9 cm³/mol. The van der Waals surface area contributed by atoms with E-state index in [-0.39, 0.29) is 35.6 Å². The maximum absolute atomic E-state index is 13.7. The predicted octanol–water partition coefficient (Wildman–Crippen LogP) is 2.00. The molecule has 1 unspecified atom stereocenters. The summed E-state index contributed by atoms with van der Waals surface area (Å²) in [7, 11) is 0. The third kappa shape index (κ3) is 3.47. The molecule has 1 aromatic rings. The van der Waals surface area contributed by atoms with Crippen LogP contribution >= 0.6 is 0 Å². The van der Waals surface area contributed by atoms with E-state index in [1.54, 1.807) is 23.1 Å². The van der Waals surface area contributed by atoms with E-state index < -0.39 is 0 Å². The number of carbonyl (C=O) groups excluding carboxylic acids is 2. The number of hydrogen-bond donors (Lipinski definition) is 0. The number of benzene rings is 1. The van der Waals surface area contributed by atoms with Crippen LogP contribution in [-0.2, 0) is 20.7 Å². The van der Waals surface area contributed by atoms with Crippen molar-refractivity contribution in [2.75, 3.05) is 32.8 Å². The smallest absolute Gasteiger partial charge is 0.227 e. The van der Waals surface area contributed by atoms with Gasteiger partial charge in [-0.25, -0.2) is 4.39 Å². The molecule has 0 aliphatic carbocycles. The second-order valence-electron chi connectivity index (χ2n) is 7.87. The van der Waals surface area contributed by atoms with Crippen LogP contribution in [0.4, 0.5) is 4.39 Å². The van der Waals surface area contributed by atoms with Crippen LogP contribution in [0.25, 0.3) is 0 Å². The molecule has 1 atom stereocenters. The van der Waals surface area contributed by atoms with Crippen molar-refractivity contribution in [3.05, 3.63) is 35.6 Å². The Morgan fingerprint density at radius 1 is 1.12 bits per heavy atom. The molecule has 1 aromatic carbocycles. The van der Waals surface area contributed by atoms with E-state index in [0.29, 0.717) is 31.7 Å². The highest BCUT2D eigenvalue weighted by molar-refractivity contribution is 5.80. The molecule has 2 amide bonds. The Kier molecular flexibility index (Phi) is 4.69. The summed E-state index contributed by atoms with van der Waals surface area (Å²) in [6.45, 7) is 3.46. The lowest BCUT2D eigenvalue weighted by atomic mass is 9.85. The molecule has 0 bridgehead atoms. The lowest BCUT2D eigenvalue weighted by Crippen LogP contribution is -2.63. The summed E-state index contributed by atoms with van der Waals surface area (Å²) in [5, 5.41) is 0. The summed E-state index contributed by atoms with van der Waals surface area (Å²) in [6, 6.07) is 6.39. The van der Waals surface area contributed by atoms with Gasteiger partial charge >= 0.3 is 0 Å². The van der Waals surface area contributed by atoms with Gasteiger partial charge in [0, 0.05) is 19.5 Å². The van der Waals surface area contributed by atoms with Gasteiger partial charge in [-0.2, -0.15) is 0 Å². The van der Waals surface area contributed by atoms with Crippen LogP contribution in [0.5, 0.6) is 0 Å². The van der Waals surface area contributed by atoms with Crippen LogP contribution in [0.2, 0.25) is 0 Å². The van der Waals surface area contributed by atoms with Crippen molar-refractivity contribution >= 4 is 11.8 Å². The lowest BCUT2D eigenvalue weighted by Gasteiger charge is -2.47. The van der Waals surface area contributed by atoms with Crippen molar-refractivity contribution in [3.63, 3.8) is 0 Å². The van der Waals surface area contributed by atoms with Gasteiger partial charge in [0.25, 0.3) is 0 Å². The number of halogens is 1. The molecule has 4 rings (SSSR count). The zero-order chi connectivity index (χ0) is 18.1. The topological polar surface area (TPSA) is 49.9 Å². The van der Waals surface area contributed by atoms with Crippen LogP contribution in [0.1, 0.15) is 31.2 Å². The van der Waals surface area contributed by atoms with Gasteiger partial charge < -0.3 is 14.5 Å². The molecule has 1 spiro atoms. The molecule has 26 heavy (non-hydrogen) atoms. The maximum atomic E-state index is 13.7. The summed E-state index contributed by atoms with van der Waals surface area (Å²) in [5.74, 6) is 0.0708. The fraction of sp³-hybridized carbons (Fsp3) is 0.600. The quantitative estimate of drug-likeness (QED) is 0.825. The zero-order valence-corrected chi connectivity index (χ0v) is 15.0. The summed E-state index contributed by atoms with van der Waals surface area (Å²) in [5.41, 5.74) is 0.140. The van der Waals surface area contributed by atoms with Gasteiger partial charge in [0.2, 0.25) is 11.8 Å². The molecule has 6 heteroatoms. The average molecular weight is 360 g/mol. The van der Waals surface area contributed by atoms with Crippen LogP contribution in [-0.4, -0.2) is 60.0 Å². The Balaban J connectivity index is 1.25. The number of hydrogen-bond acceptors (Lipinski definition) is 3. The first-order valence-electron chi connectivity index (χ1n) is 9.48. The Bertz CT molecular complexity index is 696. The fourth-order valence-electron chi connectivity index (χ4n) is 4.37. The summed E-state index contributed by atoms with van der Waals surface area (Å²) in [4.78, 5) is 28.3. The summed E-state index contributed by atoms with van der Waals surface area (Å²) < 4.78 is 19.7. The highest BCUT2D eigenvalue weighted by Gasteiger charge is 2.51. The fourth-order valence-corrected chi connectivity index (χ4v) is 4.37. The molecule has 0 radical (unpaired) electrons. The van der Waals surface area contributed by atoms with E-state index in [1.165, 1.54) is 6.07 Å². The van der Waals surface area contributed by atoms with E-state index in [9.17, 15) is 14.0 Å². The molecule has 0 aromatic heterocycles. The van der Waals surface area contributed by atoms with E-state index in [4.69, 9.17) is 4.74 Å². The number of likely N-dealkylation sites (tertiary alicyclic amines) is 2.